The second-order valence-corrected chi connectivity index (χ2v) is 7.45. The van der Waals surface area contributed by atoms with Gasteiger partial charge in [-0.3, -0.25) is 0 Å². The zero-order valence-electron chi connectivity index (χ0n) is 11.4. The molecule has 0 amide bonds. The van der Waals surface area contributed by atoms with Crippen LogP contribution in [-0.4, -0.2) is 37.0 Å². The highest BCUT2D eigenvalue weighted by Gasteiger charge is 2.30. The Labute approximate surface area is 122 Å². The first-order chi connectivity index (χ1) is 9.94. The number of sulfone groups is 1. The Morgan fingerprint density at radius 1 is 1.52 bits per heavy atom. The Balaban J connectivity index is 1.95. The number of hydrogen-bond donors (Lipinski definition) is 3. The monoisotopic (exact) mass is 315 g/mol. The molecule has 1 heterocycles. The highest BCUT2D eigenvalue weighted by atomic mass is 32.2. The highest BCUT2D eigenvalue weighted by Crippen LogP contribution is 2.19. The van der Waals surface area contributed by atoms with Crippen molar-refractivity contribution >= 4 is 15.7 Å². The lowest BCUT2D eigenvalue weighted by Crippen LogP contribution is -2.30. The molecule has 1 atom stereocenters. The van der Waals surface area contributed by atoms with Crippen molar-refractivity contribution in [1.29, 1.82) is 0 Å². The van der Waals surface area contributed by atoms with Crippen molar-refractivity contribution in [1.82, 2.24) is 5.32 Å². The molecule has 1 aromatic carbocycles. The third-order valence-corrected chi connectivity index (χ3v) is 5.88. The fraction of sp³-hybridized carbons (Fsp3) is 0.462. The molecule has 116 valence electrons. The molecule has 0 aliphatic carbocycles. The Bertz CT molecular complexity index is 646. The minimum absolute atomic E-state index is 0.162. The van der Waals surface area contributed by atoms with Crippen LogP contribution in [0.4, 0.5) is 4.39 Å². The van der Waals surface area contributed by atoms with Gasteiger partial charge in [-0.2, -0.15) is 0 Å². The van der Waals surface area contributed by atoms with Crippen LogP contribution in [0.3, 0.4) is 0 Å². The largest absolute Gasteiger partial charge is 0.409 e. The van der Waals surface area contributed by atoms with Crippen LogP contribution in [0.25, 0.3) is 0 Å². The van der Waals surface area contributed by atoms with Gasteiger partial charge in [-0.1, -0.05) is 17.3 Å². The third kappa shape index (κ3) is 3.70. The average Bonchev–Trinajstić information content (AvgIpc) is 2.78. The van der Waals surface area contributed by atoms with Crippen molar-refractivity contribution < 1.29 is 18.0 Å². The van der Waals surface area contributed by atoms with E-state index in [4.69, 9.17) is 10.9 Å². The normalized spacial score (nSPS) is 21.6. The lowest BCUT2D eigenvalue weighted by atomic mass is 10.1. The molecule has 1 unspecified atom stereocenters. The lowest BCUT2D eigenvalue weighted by Gasteiger charge is -2.11. The predicted octanol–water partition coefficient (Wildman–Crippen LogP) is 0.587. The van der Waals surface area contributed by atoms with Gasteiger partial charge < -0.3 is 16.3 Å². The number of rotatable bonds is 5. The van der Waals surface area contributed by atoms with Gasteiger partial charge in [0.05, 0.1) is 11.0 Å². The maximum atomic E-state index is 13.8. The van der Waals surface area contributed by atoms with Crippen molar-refractivity contribution in [3.63, 3.8) is 0 Å². The van der Waals surface area contributed by atoms with E-state index in [9.17, 15) is 12.8 Å². The number of hydrogen-bond acceptors (Lipinski definition) is 5. The van der Waals surface area contributed by atoms with E-state index in [2.05, 4.69) is 10.5 Å². The van der Waals surface area contributed by atoms with Crippen LogP contribution in [0, 0.1) is 5.82 Å². The molecule has 0 radical (unpaired) electrons. The molecule has 6 nitrogen and oxygen atoms in total. The number of halogens is 1. The number of oxime groups is 1. The fourth-order valence-corrected chi connectivity index (χ4v) is 4.16. The van der Waals surface area contributed by atoms with Crippen LogP contribution in [0.15, 0.2) is 23.4 Å². The van der Waals surface area contributed by atoms with E-state index in [1.807, 2.05) is 0 Å². The summed E-state index contributed by atoms with van der Waals surface area (Å²) in [6, 6.07) is 4.25. The second-order valence-electron chi connectivity index (χ2n) is 5.05. The number of nitrogens with one attached hydrogen (secondary N) is 1. The molecule has 8 heteroatoms. The van der Waals surface area contributed by atoms with Crippen molar-refractivity contribution in [2.24, 2.45) is 10.9 Å². The maximum absolute atomic E-state index is 13.8. The summed E-state index contributed by atoms with van der Waals surface area (Å²) in [5.74, 6) is -0.409. The molecule has 0 spiro atoms. The molecule has 21 heavy (non-hydrogen) atoms. The number of nitrogens with zero attached hydrogens (tertiary/aromatic N) is 1. The van der Waals surface area contributed by atoms with E-state index in [1.165, 1.54) is 12.1 Å². The van der Waals surface area contributed by atoms with Gasteiger partial charge in [0.15, 0.2) is 15.7 Å². The molecule has 0 aromatic heterocycles. The molecule has 1 aliphatic rings. The van der Waals surface area contributed by atoms with E-state index in [-0.39, 0.29) is 28.9 Å². The summed E-state index contributed by atoms with van der Waals surface area (Å²) in [5, 5.41) is 13.9. The van der Waals surface area contributed by atoms with Crippen molar-refractivity contribution in [3.8, 4) is 0 Å². The molecule has 2 rings (SSSR count). The summed E-state index contributed by atoms with van der Waals surface area (Å²) < 4.78 is 37.2. The molecule has 0 saturated carbocycles. The van der Waals surface area contributed by atoms with Crippen LogP contribution < -0.4 is 11.1 Å². The van der Waals surface area contributed by atoms with E-state index in [1.54, 1.807) is 6.07 Å². The van der Waals surface area contributed by atoms with Gasteiger partial charge in [0.1, 0.15) is 5.82 Å². The Morgan fingerprint density at radius 2 is 2.29 bits per heavy atom. The van der Waals surface area contributed by atoms with E-state index >= 15 is 0 Å². The van der Waals surface area contributed by atoms with Gasteiger partial charge in [0.2, 0.25) is 0 Å². The summed E-state index contributed by atoms with van der Waals surface area (Å²) in [5.41, 5.74) is 6.07. The van der Waals surface area contributed by atoms with Crippen molar-refractivity contribution in [2.45, 2.75) is 24.6 Å². The summed E-state index contributed by atoms with van der Waals surface area (Å²) >= 11 is 0. The van der Waals surface area contributed by atoms with Gasteiger partial charge in [-0.05, 0) is 18.9 Å². The summed E-state index contributed by atoms with van der Waals surface area (Å²) in [7, 11) is -2.99. The van der Waals surface area contributed by atoms with E-state index in [0.717, 1.165) is 0 Å². The standard InChI is InChI=1S/C13H18FN3O3S/c14-12-6-9(13(15)17-18)3-4-10(12)7-16-8-11-2-1-5-21(11,19)20/h3-4,6,11,16,18H,1-2,5,7-8H2,(H2,15,17). The molecule has 1 aliphatic heterocycles. The summed E-state index contributed by atoms with van der Waals surface area (Å²) in [6.45, 7) is 0.554. The molecular weight excluding hydrogens is 297 g/mol. The van der Waals surface area contributed by atoms with E-state index < -0.39 is 15.7 Å². The molecule has 1 aromatic rings. The van der Waals surface area contributed by atoms with Crippen LogP contribution in [0.5, 0.6) is 0 Å². The maximum Gasteiger partial charge on any atom is 0.170 e. The average molecular weight is 315 g/mol. The smallest absolute Gasteiger partial charge is 0.170 e. The summed E-state index contributed by atoms with van der Waals surface area (Å²) in [6.07, 6.45) is 1.35. The zero-order valence-corrected chi connectivity index (χ0v) is 12.2. The molecule has 0 bridgehead atoms. The Morgan fingerprint density at radius 3 is 2.86 bits per heavy atom. The number of amidine groups is 1. The predicted molar refractivity (Wildman–Crippen MR) is 77.4 cm³/mol. The second kappa shape index (κ2) is 6.40. The van der Waals surface area contributed by atoms with Crippen LogP contribution in [0.2, 0.25) is 0 Å². The van der Waals surface area contributed by atoms with Crippen LogP contribution in [-0.2, 0) is 16.4 Å². The summed E-state index contributed by atoms with van der Waals surface area (Å²) in [4.78, 5) is 0. The van der Waals surface area contributed by atoms with Gasteiger partial charge in [-0.25, -0.2) is 12.8 Å². The van der Waals surface area contributed by atoms with Crippen molar-refractivity contribution in [2.75, 3.05) is 12.3 Å². The van der Waals surface area contributed by atoms with Crippen LogP contribution >= 0.6 is 0 Å². The first-order valence-corrected chi connectivity index (χ1v) is 8.34. The van der Waals surface area contributed by atoms with E-state index in [0.29, 0.717) is 24.9 Å². The first kappa shape index (κ1) is 15.7. The van der Waals surface area contributed by atoms with Gasteiger partial charge >= 0.3 is 0 Å². The quantitative estimate of drug-likeness (QED) is 0.319. The highest BCUT2D eigenvalue weighted by molar-refractivity contribution is 7.92. The number of benzene rings is 1. The number of nitrogens with two attached hydrogens (primary N) is 1. The SMILES string of the molecule is N/C(=N/O)c1ccc(CNCC2CCCS2(=O)=O)c(F)c1. The zero-order chi connectivity index (χ0) is 15.5. The Hall–Kier alpha value is -1.67. The first-order valence-electron chi connectivity index (χ1n) is 6.62. The van der Waals surface area contributed by atoms with Gasteiger partial charge in [0.25, 0.3) is 0 Å². The van der Waals surface area contributed by atoms with Gasteiger partial charge in [0, 0.05) is 24.2 Å². The molecule has 1 fully saturated rings. The van der Waals surface area contributed by atoms with Crippen molar-refractivity contribution in [3.05, 3.63) is 35.1 Å². The fourth-order valence-electron chi connectivity index (χ4n) is 2.36. The third-order valence-electron chi connectivity index (χ3n) is 3.61. The molecule has 4 N–H and O–H groups in total. The topological polar surface area (TPSA) is 105 Å². The lowest BCUT2D eigenvalue weighted by molar-refractivity contribution is 0.318. The Kier molecular flexibility index (Phi) is 4.79. The minimum atomic E-state index is -2.99. The van der Waals surface area contributed by atoms with Gasteiger partial charge in [-0.15, -0.1) is 0 Å². The van der Waals surface area contributed by atoms with Crippen LogP contribution in [0.1, 0.15) is 24.0 Å². The minimum Gasteiger partial charge on any atom is -0.409 e. The molecule has 1 saturated heterocycles. The molecular formula is C13H18FN3O3S.